The number of hydrogen-bond acceptors (Lipinski definition) is 6. The molecule has 0 radical (unpaired) electrons. The van der Waals surface area contributed by atoms with E-state index in [-0.39, 0.29) is 36.0 Å². The van der Waals surface area contributed by atoms with Crippen LogP contribution in [0.5, 0.6) is 0 Å². The van der Waals surface area contributed by atoms with E-state index in [4.69, 9.17) is 10.00 Å². The number of nitrogens with zero attached hydrogens (tertiary/aromatic N) is 5. The second-order valence-electron chi connectivity index (χ2n) is 7.10. The highest BCUT2D eigenvalue weighted by molar-refractivity contribution is 5.94. The molecule has 1 unspecified atom stereocenters. The maximum absolute atomic E-state index is 12.9. The maximum Gasteiger partial charge on any atom is 0.255 e. The lowest BCUT2D eigenvalue weighted by molar-refractivity contribution is -0.123. The van der Waals surface area contributed by atoms with Crippen LogP contribution in [0.25, 0.3) is 0 Å². The Morgan fingerprint density at radius 3 is 2.90 bits per heavy atom. The third-order valence-corrected chi connectivity index (χ3v) is 4.78. The van der Waals surface area contributed by atoms with Crippen LogP contribution in [0.3, 0.4) is 0 Å². The Morgan fingerprint density at radius 2 is 2.21 bits per heavy atom. The van der Waals surface area contributed by atoms with Gasteiger partial charge in [0.25, 0.3) is 5.91 Å². The van der Waals surface area contributed by atoms with Crippen LogP contribution < -0.4 is 5.32 Å². The molecule has 0 aromatic carbocycles. The zero-order chi connectivity index (χ0) is 20.8. The topological polar surface area (TPSA) is 113 Å². The summed E-state index contributed by atoms with van der Waals surface area (Å²) >= 11 is 0. The Bertz CT molecular complexity index is 900. The normalized spacial score (nSPS) is 16.5. The number of imidazole rings is 1. The SMILES string of the molecule is CC(C)n1ccnc1CNC(=O)CC1COCCN1C(=O)c1ccc(C#N)nc1. The van der Waals surface area contributed by atoms with E-state index >= 15 is 0 Å². The number of rotatable bonds is 6. The zero-order valence-electron chi connectivity index (χ0n) is 16.5. The van der Waals surface area contributed by atoms with E-state index in [2.05, 4.69) is 15.3 Å². The molecule has 2 amide bonds. The van der Waals surface area contributed by atoms with Gasteiger partial charge in [-0.15, -0.1) is 0 Å². The van der Waals surface area contributed by atoms with E-state index in [1.807, 2.05) is 30.7 Å². The number of nitrogens with one attached hydrogen (secondary N) is 1. The van der Waals surface area contributed by atoms with Crippen molar-refractivity contribution in [3.8, 4) is 6.07 Å². The standard InChI is InChI=1S/C20H24N6O3/c1-14(2)25-6-5-22-18(25)12-24-19(27)9-17-13-29-8-7-26(17)20(28)15-3-4-16(10-21)23-11-15/h3-6,11,14,17H,7-9,12-13H2,1-2H3,(H,24,27). The number of aromatic nitrogens is 3. The second-order valence-corrected chi connectivity index (χ2v) is 7.10. The summed E-state index contributed by atoms with van der Waals surface area (Å²) in [6, 6.07) is 4.90. The Kier molecular flexibility index (Phi) is 6.57. The number of ether oxygens (including phenoxy) is 1. The van der Waals surface area contributed by atoms with Gasteiger partial charge in [-0.05, 0) is 26.0 Å². The van der Waals surface area contributed by atoms with Gasteiger partial charge in [0.05, 0.1) is 31.4 Å². The van der Waals surface area contributed by atoms with Crippen LogP contribution in [0.4, 0.5) is 0 Å². The molecule has 29 heavy (non-hydrogen) atoms. The van der Waals surface area contributed by atoms with E-state index in [9.17, 15) is 9.59 Å². The first kappa shape index (κ1) is 20.5. The van der Waals surface area contributed by atoms with Gasteiger partial charge >= 0.3 is 0 Å². The molecule has 1 atom stereocenters. The maximum atomic E-state index is 12.9. The number of amides is 2. The Balaban J connectivity index is 1.61. The molecule has 0 spiro atoms. The minimum Gasteiger partial charge on any atom is -0.377 e. The minimum absolute atomic E-state index is 0.137. The van der Waals surface area contributed by atoms with Crippen molar-refractivity contribution >= 4 is 11.8 Å². The first-order valence-corrected chi connectivity index (χ1v) is 9.53. The molecule has 1 aliphatic rings. The summed E-state index contributed by atoms with van der Waals surface area (Å²) in [6.45, 7) is 5.53. The number of carbonyl (C=O) groups is 2. The van der Waals surface area contributed by atoms with Gasteiger partial charge in [0, 0.05) is 37.6 Å². The summed E-state index contributed by atoms with van der Waals surface area (Å²) in [5, 5.41) is 11.7. The van der Waals surface area contributed by atoms with Gasteiger partial charge in [0.2, 0.25) is 5.91 Å². The Hall–Kier alpha value is -3.25. The van der Waals surface area contributed by atoms with Crippen molar-refractivity contribution in [3.05, 3.63) is 47.8 Å². The van der Waals surface area contributed by atoms with Gasteiger partial charge < -0.3 is 19.5 Å². The summed E-state index contributed by atoms with van der Waals surface area (Å²) in [6.07, 6.45) is 5.12. The minimum atomic E-state index is -0.364. The molecule has 9 heteroatoms. The molecule has 3 heterocycles. The van der Waals surface area contributed by atoms with E-state index in [1.165, 1.54) is 12.3 Å². The lowest BCUT2D eigenvalue weighted by Gasteiger charge is -2.35. The predicted octanol–water partition coefficient (Wildman–Crippen LogP) is 1.28. The predicted molar refractivity (Wildman–Crippen MR) is 104 cm³/mol. The lowest BCUT2D eigenvalue weighted by atomic mass is 10.1. The molecule has 9 nitrogen and oxygen atoms in total. The van der Waals surface area contributed by atoms with Crippen LogP contribution in [0.2, 0.25) is 0 Å². The molecule has 1 aliphatic heterocycles. The highest BCUT2D eigenvalue weighted by Gasteiger charge is 2.30. The Labute approximate surface area is 169 Å². The molecule has 2 aromatic rings. The van der Waals surface area contributed by atoms with Crippen LogP contribution in [-0.2, 0) is 16.1 Å². The fraction of sp³-hybridized carbons (Fsp3) is 0.450. The smallest absolute Gasteiger partial charge is 0.255 e. The number of morpholine rings is 1. The Morgan fingerprint density at radius 1 is 1.38 bits per heavy atom. The van der Waals surface area contributed by atoms with Crippen molar-refractivity contribution in [1.29, 1.82) is 5.26 Å². The van der Waals surface area contributed by atoms with E-state index in [0.29, 0.717) is 31.9 Å². The molecule has 3 rings (SSSR count). The average Bonchev–Trinajstić information content (AvgIpc) is 3.21. The summed E-state index contributed by atoms with van der Waals surface area (Å²) in [5.74, 6) is 0.387. The monoisotopic (exact) mass is 396 g/mol. The van der Waals surface area contributed by atoms with Crippen molar-refractivity contribution in [2.75, 3.05) is 19.8 Å². The summed E-state index contributed by atoms with van der Waals surface area (Å²) in [7, 11) is 0. The summed E-state index contributed by atoms with van der Waals surface area (Å²) in [4.78, 5) is 35.2. The molecule has 0 aliphatic carbocycles. The van der Waals surface area contributed by atoms with Crippen molar-refractivity contribution in [2.24, 2.45) is 0 Å². The number of nitriles is 1. The van der Waals surface area contributed by atoms with Gasteiger partial charge in [0.1, 0.15) is 17.6 Å². The lowest BCUT2D eigenvalue weighted by Crippen LogP contribution is -2.50. The highest BCUT2D eigenvalue weighted by Crippen LogP contribution is 2.15. The van der Waals surface area contributed by atoms with Crippen LogP contribution >= 0.6 is 0 Å². The van der Waals surface area contributed by atoms with Crippen molar-refractivity contribution < 1.29 is 14.3 Å². The van der Waals surface area contributed by atoms with Gasteiger partial charge in [-0.25, -0.2) is 9.97 Å². The number of carbonyl (C=O) groups excluding carboxylic acids is 2. The van der Waals surface area contributed by atoms with Gasteiger partial charge in [-0.2, -0.15) is 5.26 Å². The fourth-order valence-electron chi connectivity index (χ4n) is 3.26. The molecule has 152 valence electrons. The van der Waals surface area contributed by atoms with Crippen molar-refractivity contribution in [1.82, 2.24) is 24.8 Å². The van der Waals surface area contributed by atoms with Crippen LogP contribution in [-0.4, -0.2) is 57.0 Å². The zero-order valence-corrected chi connectivity index (χ0v) is 16.5. The second kappa shape index (κ2) is 9.30. The van der Waals surface area contributed by atoms with Gasteiger partial charge in [0.15, 0.2) is 0 Å². The highest BCUT2D eigenvalue weighted by atomic mass is 16.5. The molecule has 1 fully saturated rings. The average molecular weight is 396 g/mol. The van der Waals surface area contributed by atoms with E-state index in [1.54, 1.807) is 17.2 Å². The molecule has 1 saturated heterocycles. The van der Waals surface area contributed by atoms with Crippen LogP contribution in [0.15, 0.2) is 30.7 Å². The molecule has 0 saturated carbocycles. The van der Waals surface area contributed by atoms with Gasteiger partial charge in [-0.3, -0.25) is 9.59 Å². The summed E-state index contributed by atoms with van der Waals surface area (Å²) in [5.41, 5.74) is 0.634. The molecular formula is C20H24N6O3. The van der Waals surface area contributed by atoms with Crippen LogP contribution in [0, 0.1) is 11.3 Å². The third kappa shape index (κ3) is 4.97. The fourth-order valence-corrected chi connectivity index (χ4v) is 3.26. The molecule has 1 N–H and O–H groups in total. The molecule has 0 bridgehead atoms. The first-order chi connectivity index (χ1) is 14.0. The first-order valence-electron chi connectivity index (χ1n) is 9.53. The van der Waals surface area contributed by atoms with Gasteiger partial charge in [-0.1, -0.05) is 0 Å². The van der Waals surface area contributed by atoms with Crippen molar-refractivity contribution in [2.45, 2.75) is 38.9 Å². The third-order valence-electron chi connectivity index (χ3n) is 4.78. The molecule has 2 aromatic heterocycles. The number of hydrogen-bond donors (Lipinski definition) is 1. The van der Waals surface area contributed by atoms with E-state index in [0.717, 1.165) is 5.82 Å². The largest absolute Gasteiger partial charge is 0.377 e. The number of pyridine rings is 1. The quantitative estimate of drug-likeness (QED) is 0.787. The molecular weight excluding hydrogens is 372 g/mol. The van der Waals surface area contributed by atoms with E-state index < -0.39 is 0 Å². The summed E-state index contributed by atoms with van der Waals surface area (Å²) < 4.78 is 7.49. The van der Waals surface area contributed by atoms with Crippen LogP contribution in [0.1, 0.15) is 48.2 Å². The van der Waals surface area contributed by atoms with Crippen molar-refractivity contribution in [3.63, 3.8) is 0 Å².